The van der Waals surface area contributed by atoms with Gasteiger partial charge in [0, 0.05) is 49.9 Å². The summed E-state index contributed by atoms with van der Waals surface area (Å²) in [5.74, 6) is 0.565. The van der Waals surface area contributed by atoms with Gasteiger partial charge in [0.15, 0.2) is 0 Å². The number of hydrogen-bond donors (Lipinski definition) is 1. The van der Waals surface area contributed by atoms with Crippen LogP contribution in [0, 0.1) is 10.1 Å². The fourth-order valence-corrected chi connectivity index (χ4v) is 2.90. The number of carboxylic acid groups (broad SMARTS) is 1. The van der Waals surface area contributed by atoms with Gasteiger partial charge in [0.2, 0.25) is 0 Å². The zero-order valence-electron chi connectivity index (χ0n) is 14.5. The number of piperazine rings is 1. The summed E-state index contributed by atoms with van der Waals surface area (Å²) in [5.41, 5.74) is 1.32. The number of rotatable bonds is 6. The van der Waals surface area contributed by atoms with Crippen LogP contribution >= 0.6 is 0 Å². The van der Waals surface area contributed by atoms with Crippen molar-refractivity contribution < 1.29 is 19.6 Å². The van der Waals surface area contributed by atoms with E-state index in [1.54, 1.807) is 13.0 Å². The zero-order chi connectivity index (χ0) is 18.6. The largest absolute Gasteiger partial charge is 0.492 e. The molecule has 1 aliphatic rings. The van der Waals surface area contributed by atoms with Crippen molar-refractivity contribution in [2.24, 2.45) is 0 Å². The van der Waals surface area contributed by atoms with Crippen LogP contribution in [-0.4, -0.2) is 64.8 Å². The first-order valence-electron chi connectivity index (χ1n) is 8.08. The molecule has 0 aromatic heterocycles. The summed E-state index contributed by atoms with van der Waals surface area (Å²) < 4.78 is 5.79. The molecular weight excluding hydrogens is 326 g/mol. The first kappa shape index (κ1) is 18.7. The Morgan fingerprint density at radius 2 is 2.20 bits per heavy atom. The van der Waals surface area contributed by atoms with Crippen molar-refractivity contribution in [1.82, 2.24) is 9.80 Å². The fourth-order valence-electron chi connectivity index (χ4n) is 2.90. The van der Waals surface area contributed by atoms with Gasteiger partial charge in [0.25, 0.3) is 5.69 Å². The van der Waals surface area contributed by atoms with Crippen LogP contribution in [0.5, 0.6) is 5.75 Å². The smallest absolute Gasteiger partial charge is 0.407 e. The van der Waals surface area contributed by atoms with Gasteiger partial charge in [-0.05, 0) is 25.5 Å². The van der Waals surface area contributed by atoms with E-state index in [9.17, 15) is 14.9 Å². The minimum absolute atomic E-state index is 0.00367. The average molecular weight is 349 g/mol. The first-order valence-corrected chi connectivity index (χ1v) is 8.08. The van der Waals surface area contributed by atoms with E-state index >= 15 is 0 Å². The predicted octanol–water partition coefficient (Wildman–Crippen LogP) is 2.69. The number of amides is 1. The lowest BCUT2D eigenvalue weighted by Gasteiger charge is -2.38. The molecule has 1 heterocycles. The Hall–Kier alpha value is -2.61. The summed E-state index contributed by atoms with van der Waals surface area (Å²) in [4.78, 5) is 25.1. The lowest BCUT2D eigenvalue weighted by atomic mass is 10.1. The van der Waals surface area contributed by atoms with E-state index < -0.39 is 11.0 Å². The van der Waals surface area contributed by atoms with E-state index in [0.29, 0.717) is 49.7 Å². The second-order valence-electron chi connectivity index (χ2n) is 6.19. The van der Waals surface area contributed by atoms with Gasteiger partial charge in [-0.3, -0.25) is 15.0 Å². The minimum Gasteiger partial charge on any atom is -0.492 e. The number of non-ortho nitro benzene ring substituents is 1. The summed E-state index contributed by atoms with van der Waals surface area (Å²) in [6.07, 6.45) is -0.889. The Kier molecular flexibility index (Phi) is 5.97. The number of benzene rings is 1. The van der Waals surface area contributed by atoms with Crippen molar-refractivity contribution in [2.45, 2.75) is 19.9 Å². The molecule has 1 atom stereocenters. The van der Waals surface area contributed by atoms with Gasteiger partial charge in [-0.25, -0.2) is 4.79 Å². The highest BCUT2D eigenvalue weighted by atomic mass is 16.6. The maximum Gasteiger partial charge on any atom is 0.407 e. The average Bonchev–Trinajstić information content (AvgIpc) is 2.54. The summed E-state index contributed by atoms with van der Waals surface area (Å²) in [6.45, 7) is 10.4. The Bertz CT molecular complexity index is 676. The number of nitro groups is 1. The number of carbonyl (C=O) groups is 1. The standard InChI is InChI=1S/C17H23N3O5/c1-12(2)15-10-14(20(23)24)4-5-16(15)25-9-8-18-6-7-19(17(21)22)13(3)11-18/h4-5,10,13H,1,6-9,11H2,2-3H3,(H,21,22). The number of nitro benzene ring substituents is 1. The summed E-state index contributed by atoms with van der Waals surface area (Å²) in [5, 5.41) is 20.0. The second kappa shape index (κ2) is 7.98. The van der Waals surface area contributed by atoms with E-state index in [0.717, 1.165) is 0 Å². The monoisotopic (exact) mass is 349 g/mol. The maximum absolute atomic E-state index is 11.1. The Morgan fingerprint density at radius 3 is 2.76 bits per heavy atom. The molecule has 136 valence electrons. The normalized spacial score (nSPS) is 18.0. The molecule has 1 fully saturated rings. The lowest BCUT2D eigenvalue weighted by Crippen LogP contribution is -2.54. The topological polar surface area (TPSA) is 96.2 Å². The van der Waals surface area contributed by atoms with Crippen molar-refractivity contribution in [2.75, 3.05) is 32.8 Å². The van der Waals surface area contributed by atoms with Crippen LogP contribution in [-0.2, 0) is 0 Å². The molecule has 0 radical (unpaired) electrons. The first-order chi connectivity index (χ1) is 11.8. The highest BCUT2D eigenvalue weighted by Gasteiger charge is 2.26. The third-order valence-electron chi connectivity index (χ3n) is 4.26. The quantitative estimate of drug-likeness (QED) is 0.626. The van der Waals surface area contributed by atoms with Crippen molar-refractivity contribution in [3.63, 3.8) is 0 Å². The second-order valence-corrected chi connectivity index (χ2v) is 6.19. The van der Waals surface area contributed by atoms with Crippen molar-refractivity contribution in [3.05, 3.63) is 40.5 Å². The molecule has 0 spiro atoms. The fraction of sp³-hybridized carbons (Fsp3) is 0.471. The van der Waals surface area contributed by atoms with Crippen LogP contribution < -0.4 is 4.74 Å². The van der Waals surface area contributed by atoms with E-state index in [-0.39, 0.29) is 11.7 Å². The molecule has 8 heteroatoms. The van der Waals surface area contributed by atoms with Crippen LogP contribution in [0.15, 0.2) is 24.8 Å². The van der Waals surface area contributed by atoms with Gasteiger partial charge in [0.05, 0.1) is 4.92 Å². The molecule has 0 bridgehead atoms. The van der Waals surface area contributed by atoms with E-state index in [1.807, 2.05) is 6.92 Å². The molecule has 1 unspecified atom stereocenters. The number of hydrogen-bond acceptors (Lipinski definition) is 5. The van der Waals surface area contributed by atoms with Crippen molar-refractivity contribution in [3.8, 4) is 5.75 Å². The molecular formula is C17H23N3O5. The molecule has 1 aromatic rings. The molecule has 1 saturated heterocycles. The molecule has 1 aromatic carbocycles. The number of ether oxygens (including phenoxy) is 1. The molecule has 0 aliphatic carbocycles. The molecule has 8 nitrogen and oxygen atoms in total. The molecule has 0 saturated carbocycles. The lowest BCUT2D eigenvalue weighted by molar-refractivity contribution is -0.384. The molecule has 25 heavy (non-hydrogen) atoms. The van der Waals surface area contributed by atoms with Crippen molar-refractivity contribution in [1.29, 1.82) is 0 Å². The number of allylic oxidation sites excluding steroid dienone is 1. The third kappa shape index (κ3) is 4.69. The van der Waals surface area contributed by atoms with Crippen LogP contribution in [0.1, 0.15) is 19.4 Å². The van der Waals surface area contributed by atoms with Crippen molar-refractivity contribution >= 4 is 17.4 Å². The molecule has 1 amide bonds. The van der Waals surface area contributed by atoms with Gasteiger partial charge in [-0.1, -0.05) is 6.58 Å². The van der Waals surface area contributed by atoms with E-state index in [4.69, 9.17) is 9.84 Å². The number of nitrogens with zero attached hydrogens (tertiary/aromatic N) is 3. The van der Waals surface area contributed by atoms with Gasteiger partial charge in [0.1, 0.15) is 12.4 Å². The summed E-state index contributed by atoms with van der Waals surface area (Å²) in [7, 11) is 0. The predicted molar refractivity (Wildman–Crippen MR) is 93.9 cm³/mol. The maximum atomic E-state index is 11.1. The van der Waals surface area contributed by atoms with Gasteiger partial charge < -0.3 is 14.7 Å². The van der Waals surface area contributed by atoms with Gasteiger partial charge in [-0.15, -0.1) is 0 Å². The minimum atomic E-state index is -0.889. The zero-order valence-corrected chi connectivity index (χ0v) is 14.5. The Balaban J connectivity index is 1.93. The van der Waals surface area contributed by atoms with Gasteiger partial charge >= 0.3 is 6.09 Å². The van der Waals surface area contributed by atoms with Crippen LogP contribution in [0.3, 0.4) is 0 Å². The van der Waals surface area contributed by atoms with E-state index in [1.165, 1.54) is 17.0 Å². The molecule has 2 rings (SSSR count). The molecule has 1 N–H and O–H groups in total. The van der Waals surface area contributed by atoms with Gasteiger partial charge in [-0.2, -0.15) is 0 Å². The molecule has 1 aliphatic heterocycles. The summed E-state index contributed by atoms with van der Waals surface area (Å²) >= 11 is 0. The van der Waals surface area contributed by atoms with Crippen LogP contribution in [0.4, 0.5) is 10.5 Å². The van der Waals surface area contributed by atoms with Crippen LogP contribution in [0.2, 0.25) is 0 Å². The SMILES string of the molecule is C=C(C)c1cc([N+](=O)[O-])ccc1OCCN1CCN(C(=O)O)C(C)C1. The highest BCUT2D eigenvalue weighted by molar-refractivity contribution is 5.69. The van der Waals surface area contributed by atoms with Crippen LogP contribution in [0.25, 0.3) is 5.57 Å². The Labute approximate surface area is 146 Å². The van der Waals surface area contributed by atoms with E-state index in [2.05, 4.69) is 11.5 Å². The third-order valence-corrected chi connectivity index (χ3v) is 4.26. The Morgan fingerprint density at radius 1 is 1.48 bits per heavy atom. The summed E-state index contributed by atoms with van der Waals surface area (Å²) in [6, 6.07) is 4.41. The highest BCUT2D eigenvalue weighted by Crippen LogP contribution is 2.29.